The van der Waals surface area contributed by atoms with Crippen LogP contribution in [0.2, 0.25) is 0 Å². The minimum absolute atomic E-state index is 0.0336. The van der Waals surface area contributed by atoms with Crippen molar-refractivity contribution in [3.63, 3.8) is 0 Å². The van der Waals surface area contributed by atoms with E-state index in [1.165, 1.54) is 0 Å². The molecule has 0 fully saturated rings. The number of carboxylic acid groups (broad SMARTS) is 1. The van der Waals surface area contributed by atoms with Crippen molar-refractivity contribution in [3.05, 3.63) is 12.3 Å². The first-order valence-electron chi connectivity index (χ1n) is 4.28. The summed E-state index contributed by atoms with van der Waals surface area (Å²) < 4.78 is 0. The van der Waals surface area contributed by atoms with E-state index in [9.17, 15) is 4.79 Å². The van der Waals surface area contributed by atoms with E-state index in [4.69, 9.17) is 10.8 Å². The van der Waals surface area contributed by atoms with Crippen molar-refractivity contribution in [1.82, 2.24) is 4.98 Å². The number of rotatable bonds is 4. The van der Waals surface area contributed by atoms with Crippen LogP contribution in [0.4, 0.5) is 11.4 Å². The lowest BCUT2D eigenvalue weighted by atomic mass is 10.3. The standard InChI is InChI=1S/C9H13N3O2S/c1-12(2)6-3-4-11-9(8(6)10)15-5-7(13)14/h3-4H,5,10H2,1-2H3,(H,13,14). The summed E-state index contributed by atoms with van der Waals surface area (Å²) in [7, 11) is 3.74. The molecule has 0 saturated carbocycles. The molecule has 0 radical (unpaired) electrons. The van der Waals surface area contributed by atoms with Gasteiger partial charge in [-0.05, 0) is 6.07 Å². The smallest absolute Gasteiger partial charge is 0.313 e. The number of anilines is 2. The van der Waals surface area contributed by atoms with Crippen molar-refractivity contribution in [2.75, 3.05) is 30.5 Å². The van der Waals surface area contributed by atoms with E-state index < -0.39 is 5.97 Å². The Morgan fingerprint density at radius 1 is 1.67 bits per heavy atom. The number of aliphatic carboxylic acids is 1. The molecule has 3 N–H and O–H groups in total. The third kappa shape index (κ3) is 3.02. The van der Waals surface area contributed by atoms with E-state index in [1.807, 2.05) is 19.0 Å². The van der Waals surface area contributed by atoms with Gasteiger partial charge < -0.3 is 15.7 Å². The van der Waals surface area contributed by atoms with Gasteiger partial charge in [0.25, 0.3) is 0 Å². The van der Waals surface area contributed by atoms with Crippen molar-refractivity contribution >= 4 is 29.1 Å². The Morgan fingerprint density at radius 3 is 2.87 bits per heavy atom. The second-order valence-electron chi connectivity index (χ2n) is 3.13. The molecule has 0 atom stereocenters. The van der Waals surface area contributed by atoms with Gasteiger partial charge in [0.2, 0.25) is 0 Å². The minimum atomic E-state index is -0.878. The first-order chi connectivity index (χ1) is 7.02. The Labute approximate surface area is 92.3 Å². The van der Waals surface area contributed by atoms with E-state index in [0.29, 0.717) is 10.7 Å². The summed E-state index contributed by atoms with van der Waals surface area (Å²) in [6, 6.07) is 1.79. The molecule has 15 heavy (non-hydrogen) atoms. The van der Waals surface area contributed by atoms with E-state index >= 15 is 0 Å². The first-order valence-corrected chi connectivity index (χ1v) is 5.27. The van der Waals surface area contributed by atoms with Gasteiger partial charge in [0.15, 0.2) is 0 Å². The molecule has 0 bridgehead atoms. The highest BCUT2D eigenvalue weighted by Crippen LogP contribution is 2.29. The number of nitrogens with two attached hydrogens (primary N) is 1. The van der Waals surface area contributed by atoms with Gasteiger partial charge in [0.05, 0.1) is 17.1 Å². The predicted octanol–water partition coefficient (Wildman–Crippen LogP) is 0.906. The molecule has 82 valence electrons. The Bertz CT molecular complexity index is 368. The fourth-order valence-electron chi connectivity index (χ4n) is 1.08. The van der Waals surface area contributed by atoms with Crippen LogP contribution in [-0.4, -0.2) is 35.9 Å². The molecular formula is C9H13N3O2S. The van der Waals surface area contributed by atoms with Gasteiger partial charge >= 0.3 is 5.97 Å². The molecule has 0 aromatic carbocycles. The van der Waals surface area contributed by atoms with Gasteiger partial charge in [-0.3, -0.25) is 4.79 Å². The molecule has 0 aliphatic heterocycles. The number of hydrogen-bond donors (Lipinski definition) is 2. The number of thioether (sulfide) groups is 1. The van der Waals surface area contributed by atoms with Crippen molar-refractivity contribution in [1.29, 1.82) is 0 Å². The second-order valence-corrected chi connectivity index (χ2v) is 4.09. The van der Waals surface area contributed by atoms with E-state index in [1.54, 1.807) is 12.3 Å². The Balaban J connectivity index is 2.89. The minimum Gasteiger partial charge on any atom is -0.481 e. The number of nitrogens with zero attached hydrogens (tertiary/aromatic N) is 2. The monoisotopic (exact) mass is 227 g/mol. The highest BCUT2D eigenvalue weighted by atomic mass is 32.2. The SMILES string of the molecule is CN(C)c1ccnc(SCC(=O)O)c1N. The summed E-state index contributed by atoms with van der Waals surface area (Å²) in [6.45, 7) is 0. The van der Waals surface area contributed by atoms with Crippen molar-refractivity contribution < 1.29 is 9.90 Å². The number of carbonyl (C=O) groups is 1. The lowest BCUT2D eigenvalue weighted by molar-refractivity contribution is -0.133. The van der Waals surface area contributed by atoms with Crippen LogP contribution in [0.1, 0.15) is 0 Å². The Kier molecular flexibility index (Phi) is 3.79. The number of carboxylic acids is 1. The molecular weight excluding hydrogens is 214 g/mol. The lowest BCUT2D eigenvalue weighted by Gasteiger charge is -2.16. The Morgan fingerprint density at radius 2 is 2.33 bits per heavy atom. The highest BCUT2D eigenvalue weighted by Gasteiger charge is 2.09. The maximum Gasteiger partial charge on any atom is 0.313 e. The summed E-state index contributed by atoms with van der Waals surface area (Å²) in [4.78, 5) is 16.3. The van der Waals surface area contributed by atoms with Crippen LogP contribution >= 0.6 is 11.8 Å². The van der Waals surface area contributed by atoms with Crippen LogP contribution in [0.5, 0.6) is 0 Å². The van der Waals surface area contributed by atoms with Gasteiger partial charge in [-0.15, -0.1) is 0 Å². The van der Waals surface area contributed by atoms with Crippen LogP contribution in [0.15, 0.2) is 17.3 Å². The topological polar surface area (TPSA) is 79.5 Å². The number of pyridine rings is 1. The van der Waals surface area contributed by atoms with Crippen LogP contribution in [0.25, 0.3) is 0 Å². The molecule has 1 heterocycles. The summed E-state index contributed by atoms with van der Waals surface area (Å²) in [5.41, 5.74) is 7.22. The number of aromatic nitrogens is 1. The average Bonchev–Trinajstić information content (AvgIpc) is 2.15. The van der Waals surface area contributed by atoms with Crippen LogP contribution in [0.3, 0.4) is 0 Å². The normalized spacial score (nSPS) is 10.0. The number of nitrogen functional groups attached to an aromatic ring is 1. The maximum atomic E-state index is 10.4. The van der Waals surface area contributed by atoms with E-state index in [0.717, 1.165) is 17.4 Å². The summed E-state index contributed by atoms with van der Waals surface area (Å²) in [6.07, 6.45) is 1.62. The van der Waals surface area contributed by atoms with E-state index in [2.05, 4.69) is 4.98 Å². The van der Waals surface area contributed by atoms with Crippen molar-refractivity contribution in [2.24, 2.45) is 0 Å². The molecule has 0 spiro atoms. The molecule has 6 heteroatoms. The molecule has 0 aliphatic rings. The summed E-state index contributed by atoms with van der Waals surface area (Å²) in [5.74, 6) is -0.912. The zero-order valence-corrected chi connectivity index (χ0v) is 9.41. The molecule has 0 amide bonds. The van der Waals surface area contributed by atoms with Gasteiger partial charge in [-0.1, -0.05) is 11.8 Å². The van der Waals surface area contributed by atoms with E-state index in [-0.39, 0.29) is 5.75 Å². The van der Waals surface area contributed by atoms with Crippen LogP contribution in [0, 0.1) is 0 Å². The average molecular weight is 227 g/mol. The summed E-state index contributed by atoms with van der Waals surface area (Å²) >= 11 is 1.12. The van der Waals surface area contributed by atoms with Crippen molar-refractivity contribution in [3.8, 4) is 0 Å². The van der Waals surface area contributed by atoms with Gasteiger partial charge in [0, 0.05) is 20.3 Å². The zero-order valence-electron chi connectivity index (χ0n) is 8.60. The fourth-order valence-corrected chi connectivity index (χ4v) is 1.74. The largest absolute Gasteiger partial charge is 0.481 e. The van der Waals surface area contributed by atoms with Crippen LogP contribution < -0.4 is 10.6 Å². The third-order valence-electron chi connectivity index (χ3n) is 1.74. The molecule has 1 aromatic rings. The third-order valence-corrected chi connectivity index (χ3v) is 2.73. The molecule has 0 unspecified atom stereocenters. The number of hydrogen-bond acceptors (Lipinski definition) is 5. The van der Waals surface area contributed by atoms with Crippen LogP contribution in [-0.2, 0) is 4.79 Å². The first kappa shape index (κ1) is 11.6. The maximum absolute atomic E-state index is 10.4. The molecule has 5 nitrogen and oxygen atoms in total. The van der Waals surface area contributed by atoms with Crippen molar-refractivity contribution in [2.45, 2.75) is 5.03 Å². The molecule has 0 aliphatic carbocycles. The van der Waals surface area contributed by atoms with Gasteiger partial charge in [0.1, 0.15) is 5.03 Å². The Hall–Kier alpha value is -1.43. The fraction of sp³-hybridized carbons (Fsp3) is 0.333. The highest BCUT2D eigenvalue weighted by molar-refractivity contribution is 8.00. The zero-order chi connectivity index (χ0) is 11.4. The quantitative estimate of drug-likeness (QED) is 0.744. The molecule has 1 aromatic heterocycles. The molecule has 1 rings (SSSR count). The predicted molar refractivity (Wildman–Crippen MR) is 61.3 cm³/mol. The second kappa shape index (κ2) is 4.88. The lowest BCUT2D eigenvalue weighted by Crippen LogP contribution is -2.12. The molecule has 0 saturated heterocycles. The van der Waals surface area contributed by atoms with Gasteiger partial charge in [-0.2, -0.15) is 0 Å². The van der Waals surface area contributed by atoms with Gasteiger partial charge in [-0.25, -0.2) is 4.98 Å². The summed E-state index contributed by atoms with van der Waals surface area (Å²) in [5, 5.41) is 9.10.